The minimum atomic E-state index is -0.614. The number of rotatable bonds is 6. The largest absolute Gasteiger partial charge is 0.352 e. The summed E-state index contributed by atoms with van der Waals surface area (Å²) >= 11 is 1.62. The third kappa shape index (κ3) is 4.34. The van der Waals surface area contributed by atoms with Crippen LogP contribution in [-0.4, -0.2) is 41.1 Å². The quantitative estimate of drug-likeness (QED) is 0.535. The first-order valence-corrected chi connectivity index (χ1v) is 11.2. The lowest BCUT2D eigenvalue weighted by Crippen LogP contribution is -2.52. The zero-order chi connectivity index (χ0) is 22.0. The second kappa shape index (κ2) is 8.93. The van der Waals surface area contributed by atoms with Gasteiger partial charge in [-0.1, -0.05) is 18.2 Å². The van der Waals surface area contributed by atoms with Gasteiger partial charge in [0.15, 0.2) is 0 Å². The molecule has 0 aromatic heterocycles. The maximum absolute atomic E-state index is 12.9. The van der Waals surface area contributed by atoms with Crippen LogP contribution in [0.1, 0.15) is 51.6 Å². The third-order valence-electron chi connectivity index (χ3n) is 5.49. The molecule has 0 saturated carbocycles. The Morgan fingerprint density at radius 1 is 1.16 bits per heavy atom. The number of benzene rings is 2. The van der Waals surface area contributed by atoms with E-state index in [1.807, 2.05) is 43.3 Å². The number of carbonyl (C=O) groups is 4. The molecule has 1 fully saturated rings. The van der Waals surface area contributed by atoms with Gasteiger partial charge in [0, 0.05) is 41.3 Å². The van der Waals surface area contributed by atoms with Crippen LogP contribution in [0.15, 0.2) is 47.4 Å². The molecule has 1 atom stereocenters. The lowest BCUT2D eigenvalue weighted by molar-refractivity contribution is -0.136. The Balaban J connectivity index is 1.46. The van der Waals surface area contributed by atoms with Crippen LogP contribution < -0.4 is 10.6 Å². The molecule has 2 aliphatic rings. The number of nitrogens with one attached hydrogen (secondary N) is 2. The highest BCUT2D eigenvalue weighted by Crippen LogP contribution is 2.35. The summed E-state index contributed by atoms with van der Waals surface area (Å²) in [5.41, 5.74) is 3.23. The fraction of sp³-hybridized carbons (Fsp3) is 0.304. The maximum Gasteiger partial charge on any atom is 0.255 e. The third-order valence-corrected chi connectivity index (χ3v) is 6.66. The molecule has 0 radical (unpaired) electrons. The van der Waals surface area contributed by atoms with E-state index in [0.717, 1.165) is 16.0 Å². The van der Waals surface area contributed by atoms with Gasteiger partial charge in [-0.2, -0.15) is 0 Å². The second-order valence-electron chi connectivity index (χ2n) is 7.53. The van der Waals surface area contributed by atoms with Gasteiger partial charge in [-0.3, -0.25) is 24.5 Å². The molecule has 4 amide bonds. The van der Waals surface area contributed by atoms with Gasteiger partial charge in [0.25, 0.3) is 11.8 Å². The van der Waals surface area contributed by atoms with Crippen LogP contribution in [0.25, 0.3) is 0 Å². The van der Waals surface area contributed by atoms with Crippen LogP contribution in [0.5, 0.6) is 0 Å². The van der Waals surface area contributed by atoms with Crippen LogP contribution in [0.2, 0.25) is 0 Å². The zero-order valence-electron chi connectivity index (χ0n) is 17.1. The molecule has 0 spiro atoms. The average Bonchev–Trinajstić information content (AvgIpc) is 3.10. The molecule has 7 nitrogen and oxygen atoms in total. The van der Waals surface area contributed by atoms with E-state index in [2.05, 4.69) is 10.6 Å². The van der Waals surface area contributed by atoms with E-state index in [9.17, 15) is 19.2 Å². The second-order valence-corrected chi connectivity index (χ2v) is 8.54. The first-order valence-electron chi connectivity index (χ1n) is 10.2. The standard InChI is InChI=1S/C23H23N3O4S/c1-2-24-21(28)15-8-6-14(7-9-15)13-31-19-5-3-4-16-17(19)12-26(23(16)30)18-10-11-20(27)25-22(18)29/h3-9,18H,2,10-13H2,1H3,(H,24,28)(H,25,27,29). The van der Waals surface area contributed by atoms with E-state index < -0.39 is 11.9 Å². The highest BCUT2D eigenvalue weighted by atomic mass is 32.2. The molecule has 0 aliphatic carbocycles. The van der Waals surface area contributed by atoms with Gasteiger partial charge in [0.2, 0.25) is 11.8 Å². The van der Waals surface area contributed by atoms with Crippen molar-refractivity contribution in [3.63, 3.8) is 0 Å². The predicted molar refractivity (Wildman–Crippen MR) is 116 cm³/mol. The Hall–Kier alpha value is -3.13. The molecule has 0 bridgehead atoms. The maximum atomic E-state index is 12.9. The van der Waals surface area contributed by atoms with Crippen LogP contribution in [0, 0.1) is 0 Å². The number of amides is 4. The molecule has 1 unspecified atom stereocenters. The van der Waals surface area contributed by atoms with Crippen molar-refractivity contribution in [1.82, 2.24) is 15.5 Å². The van der Waals surface area contributed by atoms with Crippen molar-refractivity contribution in [1.29, 1.82) is 0 Å². The summed E-state index contributed by atoms with van der Waals surface area (Å²) in [6.45, 7) is 2.83. The lowest BCUT2D eigenvalue weighted by atomic mass is 10.0. The molecule has 2 aromatic carbocycles. The van der Waals surface area contributed by atoms with Crippen molar-refractivity contribution < 1.29 is 19.2 Å². The molecule has 2 aliphatic heterocycles. The topological polar surface area (TPSA) is 95.6 Å². The molecule has 31 heavy (non-hydrogen) atoms. The van der Waals surface area contributed by atoms with Gasteiger partial charge < -0.3 is 10.2 Å². The van der Waals surface area contributed by atoms with E-state index in [-0.39, 0.29) is 24.1 Å². The predicted octanol–water partition coefficient (Wildman–Crippen LogP) is 2.49. The van der Waals surface area contributed by atoms with Crippen molar-refractivity contribution >= 4 is 35.4 Å². The summed E-state index contributed by atoms with van der Waals surface area (Å²) < 4.78 is 0. The average molecular weight is 438 g/mol. The van der Waals surface area contributed by atoms with E-state index >= 15 is 0 Å². The molecule has 2 aromatic rings. The number of carbonyl (C=O) groups excluding carboxylic acids is 4. The Morgan fingerprint density at radius 2 is 1.94 bits per heavy atom. The van der Waals surface area contributed by atoms with Crippen LogP contribution in [0.3, 0.4) is 0 Å². The Bertz CT molecular complexity index is 1050. The van der Waals surface area contributed by atoms with E-state index in [1.165, 1.54) is 0 Å². The molecule has 8 heteroatoms. The van der Waals surface area contributed by atoms with Crippen molar-refractivity contribution in [3.8, 4) is 0 Å². The Morgan fingerprint density at radius 3 is 2.65 bits per heavy atom. The van der Waals surface area contributed by atoms with E-state index in [1.54, 1.807) is 22.7 Å². The first-order chi connectivity index (χ1) is 15.0. The number of fused-ring (bicyclic) bond motifs is 1. The molecular formula is C23H23N3O4S. The van der Waals surface area contributed by atoms with Crippen LogP contribution in [0.4, 0.5) is 0 Å². The van der Waals surface area contributed by atoms with E-state index in [4.69, 9.17) is 0 Å². The summed E-state index contributed by atoms with van der Waals surface area (Å²) in [5, 5.41) is 5.11. The fourth-order valence-corrected chi connectivity index (χ4v) is 4.91. The lowest BCUT2D eigenvalue weighted by Gasteiger charge is -2.29. The molecule has 160 valence electrons. The van der Waals surface area contributed by atoms with E-state index in [0.29, 0.717) is 36.4 Å². The molecular weight excluding hydrogens is 414 g/mol. The van der Waals surface area contributed by atoms with Crippen LogP contribution >= 0.6 is 11.8 Å². The highest BCUT2D eigenvalue weighted by Gasteiger charge is 2.39. The Labute approximate surface area is 184 Å². The van der Waals surface area contributed by atoms with Crippen molar-refractivity contribution in [2.75, 3.05) is 6.54 Å². The number of thioether (sulfide) groups is 1. The summed E-state index contributed by atoms with van der Waals surface area (Å²) in [6.07, 6.45) is 0.593. The fourth-order valence-electron chi connectivity index (χ4n) is 3.87. The van der Waals surface area contributed by atoms with Crippen molar-refractivity contribution in [3.05, 3.63) is 64.7 Å². The normalized spacial score (nSPS) is 18.0. The van der Waals surface area contributed by atoms with Gasteiger partial charge in [-0.15, -0.1) is 11.8 Å². The first kappa shape index (κ1) is 21.1. The SMILES string of the molecule is CCNC(=O)c1ccc(CSc2cccc3c2CN(C2CCC(=O)NC2=O)C3=O)cc1. The number of imide groups is 1. The van der Waals surface area contributed by atoms with Gasteiger partial charge in [-0.25, -0.2) is 0 Å². The number of hydrogen-bond acceptors (Lipinski definition) is 5. The molecule has 4 rings (SSSR count). The number of piperidine rings is 1. The Kier molecular flexibility index (Phi) is 6.08. The van der Waals surface area contributed by atoms with Gasteiger partial charge in [0.05, 0.1) is 0 Å². The summed E-state index contributed by atoms with van der Waals surface area (Å²) in [6, 6.07) is 12.5. The number of nitrogens with zero attached hydrogens (tertiary/aromatic N) is 1. The smallest absolute Gasteiger partial charge is 0.255 e. The van der Waals surface area contributed by atoms with Gasteiger partial charge >= 0.3 is 0 Å². The minimum absolute atomic E-state index is 0.0883. The number of hydrogen-bond donors (Lipinski definition) is 2. The molecule has 2 N–H and O–H groups in total. The van der Waals surface area contributed by atoms with Crippen molar-refractivity contribution in [2.24, 2.45) is 0 Å². The zero-order valence-corrected chi connectivity index (χ0v) is 18.0. The van der Waals surface area contributed by atoms with Crippen LogP contribution in [-0.2, 0) is 21.9 Å². The summed E-state index contributed by atoms with van der Waals surface area (Å²) in [5.74, 6) is -0.259. The van der Waals surface area contributed by atoms with Gasteiger partial charge in [-0.05, 0) is 48.7 Å². The summed E-state index contributed by atoms with van der Waals surface area (Å²) in [7, 11) is 0. The minimum Gasteiger partial charge on any atom is -0.352 e. The van der Waals surface area contributed by atoms with Crippen molar-refractivity contribution in [2.45, 2.75) is 43.0 Å². The molecule has 1 saturated heterocycles. The monoisotopic (exact) mass is 437 g/mol. The molecule has 2 heterocycles. The highest BCUT2D eigenvalue weighted by molar-refractivity contribution is 7.98. The summed E-state index contributed by atoms with van der Waals surface area (Å²) in [4.78, 5) is 51.1. The van der Waals surface area contributed by atoms with Gasteiger partial charge in [0.1, 0.15) is 6.04 Å².